The maximum absolute atomic E-state index is 14.6. The van der Waals surface area contributed by atoms with Gasteiger partial charge in [0.15, 0.2) is 0 Å². The molecule has 0 saturated heterocycles. The first-order valence-electron chi connectivity index (χ1n) is 11.2. The Kier molecular flexibility index (Phi) is 11.5. The van der Waals surface area contributed by atoms with Gasteiger partial charge in [0.25, 0.3) is 0 Å². The summed E-state index contributed by atoms with van der Waals surface area (Å²) in [6, 6.07) is 0. The van der Waals surface area contributed by atoms with Crippen LogP contribution in [0, 0.1) is 5.92 Å². The highest BCUT2D eigenvalue weighted by Crippen LogP contribution is 2.65. The van der Waals surface area contributed by atoms with Gasteiger partial charge in [-0.1, -0.05) is 58.4 Å². The molecule has 1 N–H and O–H groups in total. The molecule has 0 aromatic heterocycles. The summed E-state index contributed by atoms with van der Waals surface area (Å²) in [5.74, 6) is -63.8. The van der Waals surface area contributed by atoms with Crippen LogP contribution in [0.3, 0.4) is 0 Å². The van der Waals surface area contributed by atoms with Gasteiger partial charge in [-0.2, -0.15) is 74.6 Å². The molecule has 1 atom stereocenters. The minimum absolute atomic E-state index is 0.155. The van der Waals surface area contributed by atoms with E-state index in [1.165, 1.54) is 0 Å². The second-order valence-corrected chi connectivity index (χ2v) is 8.86. The van der Waals surface area contributed by atoms with Crippen LogP contribution in [0.5, 0.6) is 0 Å². The van der Waals surface area contributed by atoms with Crippen LogP contribution >= 0.6 is 0 Å². The molecular formula is C21H23F17O2. The average molecular weight is 630 g/mol. The van der Waals surface area contributed by atoms with Crippen LogP contribution in [-0.4, -0.2) is 58.7 Å². The van der Waals surface area contributed by atoms with Crippen LogP contribution in [0.4, 0.5) is 74.6 Å². The number of carboxylic acid groups (broad SMARTS) is 1. The van der Waals surface area contributed by atoms with Gasteiger partial charge in [0, 0.05) is 5.57 Å². The van der Waals surface area contributed by atoms with Crippen molar-refractivity contribution in [2.75, 3.05) is 0 Å². The van der Waals surface area contributed by atoms with Gasteiger partial charge in [-0.25, -0.2) is 4.79 Å². The van der Waals surface area contributed by atoms with E-state index in [1.54, 1.807) is 0 Å². The van der Waals surface area contributed by atoms with E-state index in [9.17, 15) is 79.4 Å². The standard InChI is InChI=1S/C21H23F17O2/c1-3-4-5-6-7-8-9-10-12(11(2)13(39)40)14(22,23)15(24,25)16(26,27)17(28,29)18(30,31)19(32,33)20(34,35)21(36,37)38/h12H,2-10H2,1H3,(H,39,40). The van der Waals surface area contributed by atoms with Crippen LogP contribution in [0.15, 0.2) is 12.2 Å². The van der Waals surface area contributed by atoms with Crippen LogP contribution < -0.4 is 0 Å². The third kappa shape index (κ3) is 6.26. The van der Waals surface area contributed by atoms with Crippen molar-refractivity contribution in [3.8, 4) is 0 Å². The molecular weight excluding hydrogens is 607 g/mol. The number of rotatable bonds is 17. The lowest BCUT2D eigenvalue weighted by molar-refractivity contribution is -0.463. The van der Waals surface area contributed by atoms with E-state index in [0.717, 1.165) is 6.42 Å². The van der Waals surface area contributed by atoms with Gasteiger partial charge >= 0.3 is 53.6 Å². The predicted molar refractivity (Wildman–Crippen MR) is 104 cm³/mol. The van der Waals surface area contributed by atoms with E-state index >= 15 is 0 Å². The molecule has 0 aliphatic heterocycles. The van der Waals surface area contributed by atoms with Gasteiger partial charge in [0.2, 0.25) is 0 Å². The Hall–Kier alpha value is -1.98. The van der Waals surface area contributed by atoms with E-state index in [2.05, 4.69) is 6.58 Å². The van der Waals surface area contributed by atoms with Gasteiger partial charge in [-0.05, 0) is 6.42 Å². The fraction of sp³-hybridized carbons (Fsp3) is 0.857. The van der Waals surface area contributed by atoms with E-state index in [-0.39, 0.29) is 12.8 Å². The largest absolute Gasteiger partial charge is 0.478 e. The molecule has 0 fully saturated rings. The van der Waals surface area contributed by atoms with Crippen molar-refractivity contribution in [3.63, 3.8) is 0 Å². The van der Waals surface area contributed by atoms with Crippen LogP contribution in [-0.2, 0) is 4.79 Å². The first-order chi connectivity index (χ1) is 17.6. The Balaban J connectivity index is 6.60. The van der Waals surface area contributed by atoms with Gasteiger partial charge < -0.3 is 5.11 Å². The third-order valence-corrected chi connectivity index (χ3v) is 5.98. The van der Waals surface area contributed by atoms with Crippen molar-refractivity contribution in [1.29, 1.82) is 0 Å². The zero-order valence-electron chi connectivity index (χ0n) is 20.2. The Morgan fingerprint density at radius 1 is 0.575 bits per heavy atom. The van der Waals surface area contributed by atoms with Crippen molar-refractivity contribution >= 4 is 5.97 Å². The summed E-state index contributed by atoms with van der Waals surface area (Å²) in [6.07, 6.45) is -7.51. The number of halogens is 17. The number of aliphatic carboxylic acids is 1. The molecule has 2 nitrogen and oxygen atoms in total. The molecule has 0 aromatic rings. The molecule has 0 aliphatic rings. The van der Waals surface area contributed by atoms with E-state index < -0.39 is 77.9 Å². The van der Waals surface area contributed by atoms with E-state index in [0.29, 0.717) is 19.3 Å². The second-order valence-electron chi connectivity index (χ2n) is 8.86. The molecule has 0 bridgehead atoms. The third-order valence-electron chi connectivity index (χ3n) is 5.98. The number of hydrogen-bond acceptors (Lipinski definition) is 1. The maximum Gasteiger partial charge on any atom is 0.460 e. The summed E-state index contributed by atoms with van der Waals surface area (Å²) >= 11 is 0. The van der Waals surface area contributed by atoms with E-state index in [4.69, 9.17) is 5.11 Å². The lowest BCUT2D eigenvalue weighted by Gasteiger charge is -2.44. The second kappa shape index (κ2) is 12.1. The topological polar surface area (TPSA) is 37.3 Å². The molecule has 0 spiro atoms. The van der Waals surface area contributed by atoms with Crippen molar-refractivity contribution in [2.45, 2.75) is 106 Å². The van der Waals surface area contributed by atoms with Gasteiger partial charge in [-0.15, -0.1) is 0 Å². The van der Waals surface area contributed by atoms with Crippen LogP contribution in [0.1, 0.15) is 58.3 Å². The normalized spacial score (nSPS) is 15.8. The van der Waals surface area contributed by atoms with Crippen molar-refractivity contribution < 1.29 is 84.5 Å². The molecule has 1 unspecified atom stereocenters. The van der Waals surface area contributed by atoms with Crippen LogP contribution in [0.2, 0.25) is 0 Å². The van der Waals surface area contributed by atoms with Crippen molar-refractivity contribution in [1.82, 2.24) is 0 Å². The number of alkyl halides is 17. The Bertz CT molecular complexity index is 877. The molecule has 0 aromatic carbocycles. The molecule has 0 saturated carbocycles. The quantitative estimate of drug-likeness (QED) is 0.0988. The Labute approximate surface area is 215 Å². The predicted octanol–water partition coefficient (Wildman–Crippen LogP) is 9.39. The summed E-state index contributed by atoms with van der Waals surface area (Å²) in [6.45, 7) is 4.24. The van der Waals surface area contributed by atoms with E-state index in [1.807, 2.05) is 6.92 Å². The average Bonchev–Trinajstić information content (AvgIpc) is 2.78. The molecule has 0 amide bonds. The summed E-state index contributed by atoms with van der Waals surface area (Å²) in [7, 11) is 0. The molecule has 19 heteroatoms. The fourth-order valence-corrected chi connectivity index (χ4v) is 3.42. The number of hydrogen-bond donors (Lipinski definition) is 1. The zero-order valence-corrected chi connectivity index (χ0v) is 20.2. The highest BCUT2D eigenvalue weighted by Gasteiger charge is 2.95. The Morgan fingerprint density at radius 2 is 0.900 bits per heavy atom. The van der Waals surface area contributed by atoms with Gasteiger partial charge in [0.1, 0.15) is 0 Å². The smallest absolute Gasteiger partial charge is 0.460 e. The monoisotopic (exact) mass is 630 g/mol. The van der Waals surface area contributed by atoms with Crippen LogP contribution in [0.25, 0.3) is 0 Å². The summed E-state index contributed by atoms with van der Waals surface area (Å²) in [5.41, 5.74) is -2.03. The fourth-order valence-electron chi connectivity index (χ4n) is 3.42. The molecule has 0 aliphatic carbocycles. The molecule has 0 heterocycles. The zero-order chi connectivity index (χ0) is 32.4. The summed E-state index contributed by atoms with van der Waals surface area (Å²) in [5, 5.41) is 8.82. The van der Waals surface area contributed by atoms with Crippen molar-refractivity contribution in [3.05, 3.63) is 12.2 Å². The van der Waals surface area contributed by atoms with Gasteiger partial charge in [0.05, 0.1) is 5.92 Å². The van der Waals surface area contributed by atoms with Crippen molar-refractivity contribution in [2.24, 2.45) is 5.92 Å². The SMILES string of the molecule is C=C(C(=O)O)C(CCCCCCCCC)C(F)(F)C(F)(F)C(F)(F)C(F)(F)C(F)(F)C(F)(F)C(F)(F)C(F)(F)F. The number of carbonyl (C=O) groups is 1. The molecule has 40 heavy (non-hydrogen) atoms. The first kappa shape index (κ1) is 38.0. The minimum Gasteiger partial charge on any atom is -0.478 e. The Morgan fingerprint density at radius 3 is 1.25 bits per heavy atom. The lowest BCUT2D eigenvalue weighted by atomic mass is 9.80. The number of unbranched alkanes of at least 4 members (excludes halogenated alkanes) is 6. The maximum atomic E-state index is 14.6. The molecule has 238 valence electrons. The first-order valence-corrected chi connectivity index (χ1v) is 11.2. The molecule has 0 radical (unpaired) electrons. The number of carboxylic acids is 1. The highest BCUT2D eigenvalue weighted by molar-refractivity contribution is 5.86. The highest BCUT2D eigenvalue weighted by atomic mass is 19.4. The summed E-state index contributed by atoms with van der Waals surface area (Å²) in [4.78, 5) is 11.0. The van der Waals surface area contributed by atoms with Gasteiger partial charge in [-0.3, -0.25) is 0 Å². The lowest BCUT2D eigenvalue weighted by Crippen LogP contribution is -2.75. The summed E-state index contributed by atoms with van der Waals surface area (Å²) < 4.78 is 230. The minimum atomic E-state index is -8.74. The molecule has 0 rings (SSSR count).